The van der Waals surface area contributed by atoms with E-state index in [1.54, 1.807) is 7.05 Å². The molecular formula is C9H17NO. The molecule has 0 aliphatic heterocycles. The largest absolute Gasteiger partial charge is 0.392 e. The van der Waals surface area contributed by atoms with Gasteiger partial charge in [-0.3, -0.25) is 4.79 Å². The van der Waals surface area contributed by atoms with Crippen molar-refractivity contribution in [1.29, 1.82) is 0 Å². The first kappa shape index (κ1) is 10.2. The van der Waals surface area contributed by atoms with E-state index in [9.17, 15) is 4.79 Å². The Labute approximate surface area is 68.7 Å². The number of carbonyl (C=O) groups is 1. The van der Waals surface area contributed by atoms with Gasteiger partial charge in [0, 0.05) is 25.1 Å². The normalized spacial score (nSPS) is 12.3. The number of rotatable bonds is 5. The van der Waals surface area contributed by atoms with Gasteiger partial charge in [0.05, 0.1) is 0 Å². The molecule has 0 amide bonds. The van der Waals surface area contributed by atoms with Crippen molar-refractivity contribution in [2.75, 3.05) is 7.05 Å². The molecule has 0 bridgehead atoms. The van der Waals surface area contributed by atoms with Crippen LogP contribution in [0, 0.1) is 5.92 Å². The zero-order chi connectivity index (χ0) is 8.85. The maximum Gasteiger partial charge on any atom is 0.141 e. The lowest BCUT2D eigenvalue weighted by molar-refractivity contribution is -0.121. The van der Waals surface area contributed by atoms with Gasteiger partial charge < -0.3 is 5.32 Å². The average Bonchev–Trinajstić information content (AvgIpc) is 2.02. The van der Waals surface area contributed by atoms with Crippen LogP contribution < -0.4 is 5.32 Å². The summed E-state index contributed by atoms with van der Waals surface area (Å²) in [7, 11) is 1.78. The summed E-state index contributed by atoms with van der Waals surface area (Å²) in [5, 5.41) is 2.86. The van der Waals surface area contributed by atoms with Gasteiger partial charge in [-0.15, -0.1) is 0 Å². The highest BCUT2D eigenvalue weighted by Gasteiger charge is 2.10. The van der Waals surface area contributed by atoms with Crippen LogP contribution >= 0.6 is 0 Å². The minimum absolute atomic E-state index is 0.167. The molecule has 0 aromatic carbocycles. The molecule has 0 aliphatic rings. The first-order valence-electron chi connectivity index (χ1n) is 4.00. The van der Waals surface area contributed by atoms with Gasteiger partial charge in [0.1, 0.15) is 5.78 Å². The minimum Gasteiger partial charge on any atom is -0.392 e. The van der Waals surface area contributed by atoms with Crippen LogP contribution in [0.3, 0.4) is 0 Å². The van der Waals surface area contributed by atoms with Crippen LogP contribution in [0.1, 0.15) is 26.7 Å². The van der Waals surface area contributed by atoms with E-state index in [0.29, 0.717) is 6.42 Å². The molecule has 11 heavy (non-hydrogen) atoms. The third kappa shape index (κ3) is 3.81. The fraction of sp³-hybridized carbons (Fsp3) is 0.667. The molecule has 0 heterocycles. The molecule has 0 rings (SSSR count). The third-order valence-electron chi connectivity index (χ3n) is 1.90. The standard InChI is InChI=1S/C9H17NO/c1-5-7(2)9(11)6-8(3)10-4/h7,10H,3,5-6H2,1-2,4H3. The molecule has 1 unspecified atom stereocenters. The van der Waals surface area contributed by atoms with E-state index in [4.69, 9.17) is 0 Å². The molecular weight excluding hydrogens is 138 g/mol. The number of hydrogen-bond acceptors (Lipinski definition) is 2. The van der Waals surface area contributed by atoms with Crippen LogP contribution in [0.2, 0.25) is 0 Å². The fourth-order valence-corrected chi connectivity index (χ4v) is 0.701. The van der Waals surface area contributed by atoms with E-state index in [1.807, 2.05) is 13.8 Å². The van der Waals surface area contributed by atoms with Crippen molar-refractivity contribution in [3.63, 3.8) is 0 Å². The predicted octanol–water partition coefficient (Wildman–Crippen LogP) is 1.72. The Morgan fingerprint density at radius 1 is 1.64 bits per heavy atom. The van der Waals surface area contributed by atoms with Crippen LogP contribution in [0.5, 0.6) is 0 Å². The highest BCUT2D eigenvalue weighted by Crippen LogP contribution is 2.07. The lowest BCUT2D eigenvalue weighted by Crippen LogP contribution is -2.15. The molecule has 0 saturated heterocycles. The first-order chi connectivity index (χ1) is 5.11. The molecule has 1 atom stereocenters. The van der Waals surface area contributed by atoms with Crippen molar-refractivity contribution in [1.82, 2.24) is 5.32 Å². The second kappa shape index (κ2) is 4.94. The summed E-state index contributed by atoms with van der Waals surface area (Å²) < 4.78 is 0. The van der Waals surface area contributed by atoms with Crippen molar-refractivity contribution in [3.05, 3.63) is 12.3 Å². The van der Waals surface area contributed by atoms with Gasteiger partial charge in [-0.25, -0.2) is 0 Å². The van der Waals surface area contributed by atoms with Crippen molar-refractivity contribution >= 4 is 5.78 Å². The molecule has 0 saturated carbocycles. The summed E-state index contributed by atoms with van der Waals surface area (Å²) in [4.78, 5) is 11.2. The van der Waals surface area contributed by atoms with Crippen LogP contribution in [-0.4, -0.2) is 12.8 Å². The van der Waals surface area contributed by atoms with Gasteiger partial charge in [0.25, 0.3) is 0 Å². The van der Waals surface area contributed by atoms with Crippen LogP contribution in [0.25, 0.3) is 0 Å². The van der Waals surface area contributed by atoms with Gasteiger partial charge in [-0.1, -0.05) is 20.4 Å². The van der Waals surface area contributed by atoms with E-state index in [-0.39, 0.29) is 11.7 Å². The molecule has 0 fully saturated rings. The van der Waals surface area contributed by atoms with Crippen LogP contribution in [0.4, 0.5) is 0 Å². The molecule has 0 aliphatic carbocycles. The smallest absolute Gasteiger partial charge is 0.141 e. The highest BCUT2D eigenvalue weighted by atomic mass is 16.1. The number of nitrogens with one attached hydrogen (secondary N) is 1. The molecule has 64 valence electrons. The molecule has 0 aromatic heterocycles. The highest BCUT2D eigenvalue weighted by molar-refractivity contribution is 5.82. The molecule has 0 aromatic rings. The summed E-state index contributed by atoms with van der Waals surface area (Å²) in [6, 6.07) is 0. The SMILES string of the molecule is C=C(CC(=O)C(C)CC)NC. The Morgan fingerprint density at radius 2 is 2.18 bits per heavy atom. The van der Waals surface area contributed by atoms with Gasteiger partial charge >= 0.3 is 0 Å². The van der Waals surface area contributed by atoms with E-state index in [2.05, 4.69) is 11.9 Å². The third-order valence-corrected chi connectivity index (χ3v) is 1.90. The number of Topliss-reactive ketones (excluding diaryl/α,β-unsaturated/α-hetero) is 1. The lowest BCUT2D eigenvalue weighted by atomic mass is 10.0. The van der Waals surface area contributed by atoms with E-state index in [0.717, 1.165) is 12.1 Å². The summed E-state index contributed by atoms with van der Waals surface area (Å²) >= 11 is 0. The quantitative estimate of drug-likeness (QED) is 0.655. The second-order valence-electron chi connectivity index (χ2n) is 2.81. The van der Waals surface area contributed by atoms with Gasteiger partial charge in [-0.05, 0) is 6.42 Å². The topological polar surface area (TPSA) is 29.1 Å². The molecule has 2 nitrogen and oxygen atoms in total. The Kier molecular flexibility index (Phi) is 4.59. The minimum atomic E-state index is 0.167. The molecule has 2 heteroatoms. The van der Waals surface area contributed by atoms with E-state index < -0.39 is 0 Å². The van der Waals surface area contributed by atoms with Crippen molar-refractivity contribution < 1.29 is 4.79 Å². The molecule has 1 N–H and O–H groups in total. The van der Waals surface area contributed by atoms with Gasteiger partial charge in [-0.2, -0.15) is 0 Å². The maximum atomic E-state index is 11.2. The number of ketones is 1. The lowest BCUT2D eigenvalue weighted by Gasteiger charge is -2.08. The van der Waals surface area contributed by atoms with E-state index in [1.165, 1.54) is 0 Å². The Balaban J connectivity index is 3.77. The Hall–Kier alpha value is -0.790. The predicted molar refractivity (Wildman–Crippen MR) is 47.3 cm³/mol. The Bertz CT molecular complexity index is 152. The maximum absolute atomic E-state index is 11.2. The summed E-state index contributed by atoms with van der Waals surface area (Å²) in [5.41, 5.74) is 0.801. The van der Waals surface area contributed by atoms with Crippen molar-refractivity contribution in [2.45, 2.75) is 26.7 Å². The van der Waals surface area contributed by atoms with Crippen molar-refractivity contribution in [3.8, 4) is 0 Å². The first-order valence-corrected chi connectivity index (χ1v) is 4.00. The molecule has 0 spiro atoms. The Morgan fingerprint density at radius 3 is 2.55 bits per heavy atom. The monoisotopic (exact) mass is 155 g/mol. The summed E-state index contributed by atoms with van der Waals surface area (Å²) in [6.45, 7) is 7.67. The fourth-order valence-electron chi connectivity index (χ4n) is 0.701. The second-order valence-corrected chi connectivity index (χ2v) is 2.81. The zero-order valence-corrected chi connectivity index (χ0v) is 7.61. The molecule has 0 radical (unpaired) electrons. The summed E-state index contributed by atoms with van der Waals surface area (Å²) in [5.74, 6) is 0.437. The number of hydrogen-bond donors (Lipinski definition) is 1. The zero-order valence-electron chi connectivity index (χ0n) is 7.61. The number of allylic oxidation sites excluding steroid dienone is 1. The van der Waals surface area contributed by atoms with Crippen LogP contribution in [0.15, 0.2) is 12.3 Å². The van der Waals surface area contributed by atoms with Crippen molar-refractivity contribution in [2.24, 2.45) is 5.92 Å². The average molecular weight is 155 g/mol. The van der Waals surface area contributed by atoms with Gasteiger partial charge in [0.2, 0.25) is 0 Å². The summed E-state index contributed by atoms with van der Waals surface area (Å²) in [6.07, 6.45) is 1.38. The van der Waals surface area contributed by atoms with Crippen LogP contribution in [-0.2, 0) is 4.79 Å². The van der Waals surface area contributed by atoms with E-state index >= 15 is 0 Å². The number of carbonyl (C=O) groups excluding carboxylic acids is 1. The van der Waals surface area contributed by atoms with Gasteiger partial charge in [0.15, 0.2) is 0 Å².